The Kier molecular flexibility index (Phi) is 4.20. The number of nitrogens with two attached hydrogens (primary N) is 1. The molecule has 1 unspecified atom stereocenters. The molecule has 2 aromatic rings. The number of nitrogens with zero attached hydrogens (tertiary/aromatic N) is 1. The van der Waals surface area contributed by atoms with Gasteiger partial charge in [0.15, 0.2) is 0 Å². The van der Waals surface area contributed by atoms with Crippen LogP contribution in [0.25, 0.3) is 0 Å². The number of nitriles is 1. The molecule has 3 nitrogen and oxygen atoms in total. The van der Waals surface area contributed by atoms with E-state index in [1.165, 1.54) is 0 Å². The number of benzene rings is 2. The fourth-order valence-corrected chi connectivity index (χ4v) is 2.98. The fourth-order valence-electron chi connectivity index (χ4n) is 1.61. The van der Waals surface area contributed by atoms with Crippen molar-refractivity contribution in [1.82, 2.24) is 0 Å². The molecule has 0 spiro atoms. The van der Waals surface area contributed by atoms with Gasteiger partial charge in [0, 0.05) is 4.90 Å². The van der Waals surface area contributed by atoms with Crippen molar-refractivity contribution >= 4 is 28.1 Å². The number of halogens is 1. The van der Waals surface area contributed by atoms with E-state index >= 15 is 0 Å². The molecule has 0 heterocycles. The molecule has 2 rings (SSSR count). The minimum Gasteiger partial charge on any atom is -0.398 e. The molecule has 0 bridgehead atoms. The first-order chi connectivity index (χ1) is 9.10. The van der Waals surface area contributed by atoms with Crippen LogP contribution in [-0.2, 0) is 16.6 Å². The molecular formula is C14H11ClN2OS. The number of rotatable bonds is 3. The molecule has 0 radical (unpaired) electrons. The molecule has 19 heavy (non-hydrogen) atoms. The van der Waals surface area contributed by atoms with Crippen LogP contribution < -0.4 is 5.73 Å². The topological polar surface area (TPSA) is 66.9 Å². The van der Waals surface area contributed by atoms with Gasteiger partial charge < -0.3 is 5.73 Å². The van der Waals surface area contributed by atoms with Crippen LogP contribution >= 0.6 is 11.6 Å². The molecule has 0 fully saturated rings. The molecule has 0 aliphatic heterocycles. The van der Waals surface area contributed by atoms with Crippen molar-refractivity contribution in [2.75, 3.05) is 5.73 Å². The van der Waals surface area contributed by atoms with Crippen LogP contribution in [0.2, 0.25) is 5.02 Å². The molecule has 0 saturated heterocycles. The third-order valence-electron chi connectivity index (χ3n) is 2.59. The van der Waals surface area contributed by atoms with Gasteiger partial charge in [-0.1, -0.05) is 23.7 Å². The van der Waals surface area contributed by atoms with Gasteiger partial charge in [0.2, 0.25) is 0 Å². The van der Waals surface area contributed by atoms with Crippen LogP contribution in [-0.4, -0.2) is 4.21 Å². The molecule has 0 aliphatic carbocycles. The van der Waals surface area contributed by atoms with E-state index in [9.17, 15) is 4.21 Å². The van der Waals surface area contributed by atoms with Crippen molar-refractivity contribution in [2.24, 2.45) is 0 Å². The number of anilines is 1. The first-order valence-corrected chi connectivity index (χ1v) is 7.22. The van der Waals surface area contributed by atoms with Gasteiger partial charge in [-0.25, -0.2) is 0 Å². The van der Waals surface area contributed by atoms with Crippen LogP contribution in [0.5, 0.6) is 0 Å². The Bertz CT molecular complexity index is 679. The summed E-state index contributed by atoms with van der Waals surface area (Å²) in [5, 5.41) is 9.22. The Morgan fingerprint density at radius 1 is 1.26 bits per heavy atom. The Hall–Kier alpha value is -1.83. The predicted molar refractivity (Wildman–Crippen MR) is 77.1 cm³/mol. The largest absolute Gasteiger partial charge is 0.398 e. The Morgan fingerprint density at radius 3 is 2.74 bits per heavy atom. The second-order valence-corrected chi connectivity index (χ2v) is 5.84. The molecule has 5 heteroatoms. The summed E-state index contributed by atoms with van der Waals surface area (Å²) in [7, 11) is -1.21. The minimum atomic E-state index is -1.21. The van der Waals surface area contributed by atoms with Gasteiger partial charge in [-0.15, -0.1) is 0 Å². The van der Waals surface area contributed by atoms with Gasteiger partial charge in [-0.3, -0.25) is 4.21 Å². The summed E-state index contributed by atoms with van der Waals surface area (Å²) in [6.45, 7) is 0. The van der Waals surface area contributed by atoms with E-state index in [2.05, 4.69) is 6.07 Å². The highest BCUT2D eigenvalue weighted by Crippen LogP contribution is 2.23. The first-order valence-electron chi connectivity index (χ1n) is 5.52. The van der Waals surface area contributed by atoms with Crippen molar-refractivity contribution in [3.63, 3.8) is 0 Å². The van der Waals surface area contributed by atoms with Crippen molar-refractivity contribution in [2.45, 2.75) is 10.6 Å². The van der Waals surface area contributed by atoms with Crippen LogP contribution in [0, 0.1) is 11.3 Å². The van der Waals surface area contributed by atoms with Crippen LogP contribution in [0.1, 0.15) is 11.1 Å². The molecule has 2 N–H and O–H groups in total. The van der Waals surface area contributed by atoms with E-state index in [0.717, 1.165) is 5.56 Å². The van der Waals surface area contributed by atoms with E-state index in [4.69, 9.17) is 22.6 Å². The molecule has 0 aromatic heterocycles. The van der Waals surface area contributed by atoms with Crippen LogP contribution in [0.4, 0.5) is 5.69 Å². The summed E-state index contributed by atoms with van der Waals surface area (Å²) >= 11 is 5.91. The van der Waals surface area contributed by atoms with Gasteiger partial charge in [0.25, 0.3) is 0 Å². The van der Waals surface area contributed by atoms with Gasteiger partial charge in [0.05, 0.1) is 38.9 Å². The average Bonchev–Trinajstić information content (AvgIpc) is 2.42. The second kappa shape index (κ2) is 5.87. The smallest absolute Gasteiger partial charge is 0.0991 e. The quantitative estimate of drug-likeness (QED) is 0.883. The lowest BCUT2D eigenvalue weighted by Gasteiger charge is -2.05. The molecule has 2 aromatic carbocycles. The summed E-state index contributed by atoms with van der Waals surface area (Å²) < 4.78 is 12.2. The number of hydrogen-bond donors (Lipinski definition) is 1. The highest BCUT2D eigenvalue weighted by molar-refractivity contribution is 7.84. The lowest BCUT2D eigenvalue weighted by Crippen LogP contribution is -1.98. The molecular weight excluding hydrogens is 280 g/mol. The summed E-state index contributed by atoms with van der Waals surface area (Å²) in [5.74, 6) is 0.343. The van der Waals surface area contributed by atoms with Gasteiger partial charge in [0.1, 0.15) is 0 Å². The summed E-state index contributed by atoms with van der Waals surface area (Å²) in [6, 6.07) is 14.1. The van der Waals surface area contributed by atoms with Crippen molar-refractivity contribution in [3.05, 3.63) is 58.6 Å². The van der Waals surface area contributed by atoms with E-state index in [-0.39, 0.29) is 0 Å². The Balaban J connectivity index is 2.21. The SMILES string of the molecule is N#Cc1cccc(CS(=O)c2ccc(N)c(Cl)c2)c1. The van der Waals surface area contributed by atoms with Crippen molar-refractivity contribution < 1.29 is 4.21 Å². The lowest BCUT2D eigenvalue weighted by molar-refractivity contribution is 0.682. The average molecular weight is 291 g/mol. The normalized spacial score (nSPS) is 11.8. The zero-order valence-electron chi connectivity index (χ0n) is 9.97. The highest BCUT2D eigenvalue weighted by atomic mass is 35.5. The maximum absolute atomic E-state index is 12.2. The molecule has 0 aliphatic rings. The summed E-state index contributed by atoms with van der Waals surface area (Å²) in [6.07, 6.45) is 0. The third-order valence-corrected chi connectivity index (χ3v) is 4.29. The van der Waals surface area contributed by atoms with Crippen LogP contribution in [0.15, 0.2) is 47.4 Å². The van der Waals surface area contributed by atoms with Gasteiger partial charge in [-0.2, -0.15) is 5.26 Å². The predicted octanol–water partition coefficient (Wildman–Crippen LogP) is 3.10. The van der Waals surface area contributed by atoms with E-state index in [1.54, 1.807) is 36.4 Å². The van der Waals surface area contributed by atoms with Crippen molar-refractivity contribution in [1.29, 1.82) is 5.26 Å². The Labute approximate surface area is 119 Å². The molecule has 1 atom stereocenters. The van der Waals surface area contributed by atoms with E-state index < -0.39 is 10.8 Å². The minimum absolute atomic E-state index is 0.343. The standard InChI is InChI=1S/C14H11ClN2OS/c15-13-7-12(4-5-14(13)17)19(18)9-11-3-1-2-10(6-11)8-16/h1-7H,9,17H2. The maximum atomic E-state index is 12.2. The maximum Gasteiger partial charge on any atom is 0.0991 e. The van der Waals surface area contributed by atoms with Crippen LogP contribution in [0.3, 0.4) is 0 Å². The number of hydrogen-bond acceptors (Lipinski definition) is 3. The van der Waals surface area contributed by atoms with E-state index in [0.29, 0.717) is 26.9 Å². The number of nitrogen functional groups attached to an aromatic ring is 1. The fraction of sp³-hybridized carbons (Fsp3) is 0.0714. The van der Waals surface area contributed by atoms with Crippen molar-refractivity contribution in [3.8, 4) is 6.07 Å². The van der Waals surface area contributed by atoms with E-state index in [1.807, 2.05) is 6.07 Å². The highest BCUT2D eigenvalue weighted by Gasteiger charge is 2.07. The lowest BCUT2D eigenvalue weighted by atomic mass is 10.2. The molecule has 0 amide bonds. The molecule has 0 saturated carbocycles. The summed E-state index contributed by atoms with van der Waals surface area (Å²) in [5.41, 5.74) is 7.49. The Morgan fingerprint density at radius 2 is 2.05 bits per heavy atom. The zero-order valence-corrected chi connectivity index (χ0v) is 11.5. The third kappa shape index (κ3) is 3.34. The zero-order chi connectivity index (χ0) is 13.8. The van der Waals surface area contributed by atoms with Gasteiger partial charge in [-0.05, 0) is 35.9 Å². The van der Waals surface area contributed by atoms with Gasteiger partial charge >= 0.3 is 0 Å². The first kappa shape index (κ1) is 13.6. The molecule has 96 valence electrons. The monoisotopic (exact) mass is 290 g/mol. The second-order valence-electron chi connectivity index (χ2n) is 3.99. The summed E-state index contributed by atoms with van der Waals surface area (Å²) in [4.78, 5) is 0.626.